The molecule has 0 aliphatic rings. The Morgan fingerprint density at radius 1 is 0.268 bits per heavy atom. The third-order valence-corrected chi connectivity index (χ3v) is 11.0. The quantitative estimate of drug-likeness (QED) is 0.167. The summed E-state index contributed by atoms with van der Waals surface area (Å²) in [7, 11) is 0. The molecule has 3 heteroatoms. The molecule has 0 atom stereocenters. The second-order valence-corrected chi connectivity index (χ2v) is 14.4. The highest BCUT2D eigenvalue weighted by atomic mass is 14.9. The average molecular weight is 712 g/mol. The Bertz CT molecular complexity index is 3310. The molecule has 56 heavy (non-hydrogen) atoms. The van der Waals surface area contributed by atoms with Crippen molar-refractivity contribution < 1.29 is 0 Å². The molecule has 11 aromatic rings. The Morgan fingerprint density at radius 2 is 0.839 bits per heavy atom. The van der Waals surface area contributed by atoms with Gasteiger partial charge in [-0.25, -0.2) is 15.0 Å². The van der Waals surface area contributed by atoms with Crippen molar-refractivity contribution in [3.8, 4) is 56.2 Å². The highest BCUT2D eigenvalue weighted by Crippen LogP contribution is 2.43. The summed E-state index contributed by atoms with van der Waals surface area (Å²) in [5, 5.41) is 9.33. The van der Waals surface area contributed by atoms with E-state index >= 15 is 0 Å². The lowest BCUT2D eigenvalue weighted by Gasteiger charge is -2.17. The maximum Gasteiger partial charge on any atom is 0.160 e. The predicted molar refractivity (Wildman–Crippen MR) is 235 cm³/mol. The summed E-state index contributed by atoms with van der Waals surface area (Å²) in [4.78, 5) is 15.8. The fraction of sp³-hybridized carbons (Fsp3) is 0. The van der Waals surface area contributed by atoms with E-state index in [1.807, 2.05) is 6.07 Å². The molecule has 0 amide bonds. The third kappa shape index (κ3) is 5.40. The fourth-order valence-corrected chi connectivity index (χ4v) is 8.34. The maximum absolute atomic E-state index is 5.36. The molecular formula is C53H33N3. The molecule has 0 N–H and O–H groups in total. The number of nitrogens with zero attached hydrogens (tertiary/aromatic N) is 3. The molecule has 0 bridgehead atoms. The van der Waals surface area contributed by atoms with E-state index < -0.39 is 0 Å². The number of para-hydroxylation sites is 2. The first kappa shape index (κ1) is 32.0. The minimum absolute atomic E-state index is 0.695. The first-order valence-corrected chi connectivity index (χ1v) is 19.0. The van der Waals surface area contributed by atoms with Gasteiger partial charge in [0.25, 0.3) is 0 Å². The maximum atomic E-state index is 5.36. The van der Waals surface area contributed by atoms with Crippen molar-refractivity contribution in [2.75, 3.05) is 0 Å². The van der Waals surface area contributed by atoms with Crippen molar-refractivity contribution in [3.63, 3.8) is 0 Å². The molecule has 2 aromatic heterocycles. The standard InChI is InChI=1S/C53H33N3/c1-2-14-34(15-3-1)37-18-12-20-39(30-37)51-45-25-9-11-27-49(45)55-53(56-51)41-21-13-19-38(32-41)46-33-47-50(43-23-7-6-22-42(43)46)44-24-8-10-26-48(44)54-52(47)40-29-28-35-16-4-5-17-36(35)31-40/h1-33H. The molecule has 9 aromatic carbocycles. The summed E-state index contributed by atoms with van der Waals surface area (Å²) in [6.07, 6.45) is 0. The average Bonchev–Trinajstić information content (AvgIpc) is 3.28. The van der Waals surface area contributed by atoms with Gasteiger partial charge in [0.2, 0.25) is 0 Å². The van der Waals surface area contributed by atoms with E-state index in [4.69, 9.17) is 15.0 Å². The minimum atomic E-state index is 0.695. The molecule has 0 fully saturated rings. The smallest absolute Gasteiger partial charge is 0.160 e. The summed E-state index contributed by atoms with van der Waals surface area (Å²) in [6, 6.07) is 71.0. The van der Waals surface area contributed by atoms with Gasteiger partial charge in [-0.3, -0.25) is 0 Å². The van der Waals surface area contributed by atoms with E-state index in [-0.39, 0.29) is 0 Å². The van der Waals surface area contributed by atoms with E-state index in [0.29, 0.717) is 5.82 Å². The van der Waals surface area contributed by atoms with E-state index in [1.54, 1.807) is 0 Å². The van der Waals surface area contributed by atoms with Crippen molar-refractivity contribution in [1.29, 1.82) is 0 Å². The van der Waals surface area contributed by atoms with Crippen LogP contribution >= 0.6 is 0 Å². The lowest BCUT2D eigenvalue weighted by atomic mass is 9.89. The van der Waals surface area contributed by atoms with Gasteiger partial charge in [0.05, 0.1) is 22.4 Å². The van der Waals surface area contributed by atoms with Crippen molar-refractivity contribution >= 4 is 54.1 Å². The summed E-state index contributed by atoms with van der Waals surface area (Å²) >= 11 is 0. The Balaban J connectivity index is 1.12. The van der Waals surface area contributed by atoms with Gasteiger partial charge < -0.3 is 0 Å². The minimum Gasteiger partial charge on any atom is -0.247 e. The summed E-state index contributed by atoms with van der Waals surface area (Å²) < 4.78 is 0. The largest absolute Gasteiger partial charge is 0.247 e. The van der Waals surface area contributed by atoms with Crippen LogP contribution in [0.25, 0.3) is 110 Å². The van der Waals surface area contributed by atoms with E-state index in [1.165, 1.54) is 32.5 Å². The number of rotatable bonds is 5. The second kappa shape index (κ2) is 13.1. The van der Waals surface area contributed by atoms with Crippen molar-refractivity contribution in [2.24, 2.45) is 0 Å². The molecule has 0 aliphatic carbocycles. The highest BCUT2D eigenvalue weighted by Gasteiger charge is 2.18. The zero-order valence-electron chi connectivity index (χ0n) is 30.4. The highest BCUT2D eigenvalue weighted by molar-refractivity contribution is 6.25. The first-order chi connectivity index (χ1) is 27.7. The van der Waals surface area contributed by atoms with Crippen LogP contribution in [0.15, 0.2) is 200 Å². The molecule has 0 saturated carbocycles. The van der Waals surface area contributed by atoms with Crippen LogP contribution in [0.5, 0.6) is 0 Å². The summed E-state index contributed by atoms with van der Waals surface area (Å²) in [6.45, 7) is 0. The van der Waals surface area contributed by atoms with Gasteiger partial charge in [0.15, 0.2) is 5.82 Å². The molecule has 2 heterocycles. The van der Waals surface area contributed by atoms with E-state index in [9.17, 15) is 0 Å². The number of benzene rings is 9. The van der Waals surface area contributed by atoms with Crippen LogP contribution in [-0.4, -0.2) is 15.0 Å². The first-order valence-electron chi connectivity index (χ1n) is 19.0. The van der Waals surface area contributed by atoms with E-state index in [0.717, 1.165) is 72.0 Å². The molecule has 11 rings (SSSR count). The Hall–Kier alpha value is -7.49. The predicted octanol–water partition coefficient (Wildman–Crippen LogP) is 14.0. The Morgan fingerprint density at radius 3 is 1.68 bits per heavy atom. The van der Waals surface area contributed by atoms with Crippen molar-refractivity contribution in [2.45, 2.75) is 0 Å². The summed E-state index contributed by atoms with van der Waals surface area (Å²) in [5.74, 6) is 0.695. The van der Waals surface area contributed by atoms with Gasteiger partial charge >= 0.3 is 0 Å². The fourth-order valence-electron chi connectivity index (χ4n) is 8.34. The third-order valence-electron chi connectivity index (χ3n) is 11.0. The zero-order valence-corrected chi connectivity index (χ0v) is 30.4. The van der Waals surface area contributed by atoms with E-state index in [2.05, 4.69) is 194 Å². The molecule has 0 unspecified atom stereocenters. The van der Waals surface area contributed by atoms with Gasteiger partial charge in [-0.15, -0.1) is 0 Å². The van der Waals surface area contributed by atoms with Crippen LogP contribution in [0.2, 0.25) is 0 Å². The van der Waals surface area contributed by atoms with Gasteiger partial charge in [-0.2, -0.15) is 0 Å². The summed E-state index contributed by atoms with van der Waals surface area (Å²) in [5.41, 5.74) is 11.5. The molecule has 260 valence electrons. The molecule has 0 spiro atoms. The molecule has 3 nitrogen and oxygen atoms in total. The number of pyridine rings is 1. The van der Waals surface area contributed by atoms with Crippen molar-refractivity contribution in [3.05, 3.63) is 200 Å². The molecule has 0 aliphatic heterocycles. The zero-order chi connectivity index (χ0) is 37.0. The van der Waals surface area contributed by atoms with Gasteiger partial charge in [0.1, 0.15) is 0 Å². The SMILES string of the molecule is c1ccc(-c2cccc(-c3nc(-c4cccc(-c5cc6c(-c7ccc8ccccc8c7)nc7ccccc7c6c6ccccc56)c4)nc4ccccc34)c2)cc1. The lowest BCUT2D eigenvalue weighted by molar-refractivity contribution is 1.23. The van der Waals surface area contributed by atoms with Crippen LogP contribution in [0, 0.1) is 0 Å². The molecule has 0 radical (unpaired) electrons. The number of hydrogen-bond donors (Lipinski definition) is 0. The van der Waals surface area contributed by atoms with Gasteiger partial charge in [-0.1, -0.05) is 164 Å². The van der Waals surface area contributed by atoms with Crippen LogP contribution < -0.4 is 0 Å². The number of hydrogen-bond acceptors (Lipinski definition) is 3. The lowest BCUT2D eigenvalue weighted by Crippen LogP contribution is -1.96. The molecule has 0 saturated heterocycles. The Labute approximate surface area is 324 Å². The van der Waals surface area contributed by atoms with Crippen LogP contribution in [-0.2, 0) is 0 Å². The Kier molecular flexibility index (Phi) is 7.49. The second-order valence-electron chi connectivity index (χ2n) is 14.4. The van der Waals surface area contributed by atoms with Crippen LogP contribution in [0.4, 0.5) is 0 Å². The molecular weight excluding hydrogens is 679 g/mol. The van der Waals surface area contributed by atoms with Crippen molar-refractivity contribution in [1.82, 2.24) is 15.0 Å². The topological polar surface area (TPSA) is 38.7 Å². The number of fused-ring (bicyclic) bond motifs is 7. The van der Waals surface area contributed by atoms with Gasteiger partial charge in [0, 0.05) is 38.2 Å². The van der Waals surface area contributed by atoms with Crippen LogP contribution in [0.1, 0.15) is 0 Å². The monoisotopic (exact) mass is 711 g/mol. The normalized spacial score (nSPS) is 11.6. The van der Waals surface area contributed by atoms with Crippen LogP contribution in [0.3, 0.4) is 0 Å². The van der Waals surface area contributed by atoms with Gasteiger partial charge in [-0.05, 0) is 80.2 Å². The number of aromatic nitrogens is 3.